The Morgan fingerprint density at radius 1 is 1.39 bits per heavy atom. The van der Waals surface area contributed by atoms with Gasteiger partial charge in [0.15, 0.2) is 6.10 Å². The fraction of sp³-hybridized carbons (Fsp3) is 0.417. The van der Waals surface area contributed by atoms with Crippen molar-refractivity contribution in [3.05, 3.63) is 39.9 Å². The molecule has 1 N–H and O–H groups in total. The topological polar surface area (TPSA) is 89.7 Å². The standard InChI is InChI=1S/C12H15NO5/c1-12(2,3)18-11(15)10(14)8-6-4-5-7-9(8)13(16)17/h4-7,10,14H,1-3H3/t10-/m1/s1. The summed E-state index contributed by atoms with van der Waals surface area (Å²) in [5.74, 6) is -0.906. The Morgan fingerprint density at radius 3 is 2.44 bits per heavy atom. The first-order chi connectivity index (χ1) is 8.22. The monoisotopic (exact) mass is 253 g/mol. The zero-order valence-electron chi connectivity index (χ0n) is 10.4. The van der Waals surface area contributed by atoms with E-state index in [0.29, 0.717) is 0 Å². The largest absolute Gasteiger partial charge is 0.458 e. The van der Waals surface area contributed by atoms with Gasteiger partial charge in [0.1, 0.15) is 5.60 Å². The van der Waals surface area contributed by atoms with Gasteiger partial charge < -0.3 is 9.84 Å². The summed E-state index contributed by atoms with van der Waals surface area (Å²) in [6.07, 6.45) is -1.66. The van der Waals surface area contributed by atoms with Crippen molar-refractivity contribution >= 4 is 11.7 Å². The van der Waals surface area contributed by atoms with E-state index in [1.807, 2.05) is 0 Å². The van der Waals surface area contributed by atoms with Gasteiger partial charge in [0.2, 0.25) is 0 Å². The summed E-state index contributed by atoms with van der Waals surface area (Å²) < 4.78 is 4.98. The van der Waals surface area contributed by atoms with Crippen LogP contribution < -0.4 is 0 Å². The Morgan fingerprint density at radius 2 is 1.94 bits per heavy atom. The van der Waals surface area contributed by atoms with Crippen molar-refractivity contribution in [3.8, 4) is 0 Å². The summed E-state index contributed by atoms with van der Waals surface area (Å²) in [7, 11) is 0. The summed E-state index contributed by atoms with van der Waals surface area (Å²) in [6.45, 7) is 4.95. The van der Waals surface area contributed by atoms with Crippen molar-refractivity contribution in [2.45, 2.75) is 32.5 Å². The minimum absolute atomic E-state index is 0.0725. The lowest BCUT2D eigenvalue weighted by Gasteiger charge is -2.21. The summed E-state index contributed by atoms with van der Waals surface area (Å²) >= 11 is 0. The molecule has 18 heavy (non-hydrogen) atoms. The SMILES string of the molecule is CC(C)(C)OC(=O)[C@H](O)c1ccccc1[N+](=O)[O-]. The van der Waals surface area contributed by atoms with Crippen LogP contribution in [0.4, 0.5) is 5.69 Å². The third kappa shape index (κ3) is 3.53. The van der Waals surface area contributed by atoms with Crippen LogP contribution in [0, 0.1) is 10.1 Å². The molecule has 0 aromatic heterocycles. The highest BCUT2D eigenvalue weighted by molar-refractivity contribution is 5.78. The quantitative estimate of drug-likeness (QED) is 0.505. The van der Waals surface area contributed by atoms with E-state index in [0.717, 1.165) is 0 Å². The molecule has 0 saturated heterocycles. The van der Waals surface area contributed by atoms with Crippen LogP contribution in [-0.2, 0) is 9.53 Å². The van der Waals surface area contributed by atoms with Crippen LogP contribution in [0.2, 0.25) is 0 Å². The van der Waals surface area contributed by atoms with Crippen molar-refractivity contribution in [1.82, 2.24) is 0 Å². The number of nitro benzene ring substituents is 1. The highest BCUT2D eigenvalue weighted by Gasteiger charge is 2.29. The lowest BCUT2D eigenvalue weighted by atomic mass is 10.1. The van der Waals surface area contributed by atoms with Gasteiger partial charge in [-0.2, -0.15) is 0 Å². The van der Waals surface area contributed by atoms with Crippen LogP contribution in [0.3, 0.4) is 0 Å². The molecule has 1 aromatic rings. The van der Waals surface area contributed by atoms with Gasteiger partial charge in [-0.1, -0.05) is 12.1 Å². The second-order valence-electron chi connectivity index (χ2n) is 4.75. The molecule has 0 aliphatic heterocycles. The smallest absolute Gasteiger partial charge is 0.340 e. The summed E-state index contributed by atoms with van der Waals surface area (Å²) in [5, 5.41) is 20.6. The van der Waals surface area contributed by atoms with Crippen LogP contribution in [-0.4, -0.2) is 21.6 Å². The molecule has 0 amide bonds. The van der Waals surface area contributed by atoms with Crippen molar-refractivity contribution in [2.24, 2.45) is 0 Å². The Balaban J connectivity index is 3.00. The van der Waals surface area contributed by atoms with Gasteiger partial charge in [-0.3, -0.25) is 10.1 Å². The highest BCUT2D eigenvalue weighted by Crippen LogP contribution is 2.26. The lowest BCUT2D eigenvalue weighted by Crippen LogP contribution is -2.28. The van der Waals surface area contributed by atoms with E-state index in [-0.39, 0.29) is 11.3 Å². The van der Waals surface area contributed by atoms with E-state index >= 15 is 0 Å². The number of carbonyl (C=O) groups excluding carboxylic acids is 1. The van der Waals surface area contributed by atoms with Gasteiger partial charge in [0.25, 0.3) is 5.69 Å². The Kier molecular flexibility index (Phi) is 4.03. The molecule has 0 bridgehead atoms. The second-order valence-corrected chi connectivity index (χ2v) is 4.75. The molecule has 1 rings (SSSR count). The zero-order chi connectivity index (χ0) is 13.9. The molecular formula is C12H15NO5. The van der Waals surface area contributed by atoms with Crippen molar-refractivity contribution in [2.75, 3.05) is 0 Å². The minimum atomic E-state index is -1.66. The second kappa shape index (κ2) is 5.14. The number of rotatable bonds is 3. The molecule has 1 aromatic carbocycles. The number of para-hydroxylation sites is 1. The molecule has 1 atom stereocenters. The Labute approximate surface area is 104 Å². The molecule has 0 aliphatic carbocycles. The van der Waals surface area contributed by atoms with Gasteiger partial charge in [-0.25, -0.2) is 4.79 Å². The van der Waals surface area contributed by atoms with Crippen molar-refractivity contribution < 1.29 is 19.6 Å². The fourth-order valence-corrected chi connectivity index (χ4v) is 1.37. The van der Waals surface area contributed by atoms with Crippen molar-refractivity contribution in [3.63, 3.8) is 0 Å². The average molecular weight is 253 g/mol. The molecule has 0 unspecified atom stereocenters. The number of nitro groups is 1. The predicted molar refractivity (Wildman–Crippen MR) is 63.9 cm³/mol. The van der Waals surface area contributed by atoms with Gasteiger partial charge >= 0.3 is 5.97 Å². The average Bonchev–Trinajstić information content (AvgIpc) is 2.25. The molecule has 6 nitrogen and oxygen atoms in total. The first kappa shape index (κ1) is 14.1. The van der Waals surface area contributed by atoms with E-state index in [1.54, 1.807) is 20.8 Å². The number of carbonyl (C=O) groups is 1. The summed E-state index contributed by atoms with van der Waals surface area (Å²) in [6, 6.07) is 5.52. The summed E-state index contributed by atoms with van der Waals surface area (Å²) in [5.41, 5.74) is -1.14. The van der Waals surface area contributed by atoms with Crippen LogP contribution in [0.25, 0.3) is 0 Å². The Bertz CT molecular complexity index is 464. The third-order valence-corrected chi connectivity index (χ3v) is 2.06. The lowest BCUT2D eigenvalue weighted by molar-refractivity contribution is -0.386. The first-order valence-corrected chi connectivity index (χ1v) is 5.36. The van der Waals surface area contributed by atoms with Gasteiger partial charge in [-0.15, -0.1) is 0 Å². The normalized spacial score (nSPS) is 12.9. The highest BCUT2D eigenvalue weighted by atomic mass is 16.6. The molecule has 0 heterocycles. The number of benzene rings is 1. The van der Waals surface area contributed by atoms with Crippen molar-refractivity contribution in [1.29, 1.82) is 0 Å². The predicted octanol–water partition coefficient (Wildman–Crippen LogP) is 1.97. The van der Waals surface area contributed by atoms with Crippen LogP contribution in [0.1, 0.15) is 32.4 Å². The number of hydrogen-bond donors (Lipinski definition) is 1. The zero-order valence-corrected chi connectivity index (χ0v) is 10.4. The summed E-state index contributed by atoms with van der Waals surface area (Å²) in [4.78, 5) is 21.8. The molecule has 98 valence electrons. The maximum absolute atomic E-state index is 11.6. The molecule has 6 heteroatoms. The molecule has 0 spiro atoms. The number of ether oxygens (including phenoxy) is 1. The Hall–Kier alpha value is -1.95. The van der Waals surface area contributed by atoms with E-state index in [4.69, 9.17) is 4.74 Å². The molecule has 0 fully saturated rings. The van der Waals surface area contributed by atoms with E-state index in [2.05, 4.69) is 0 Å². The van der Waals surface area contributed by atoms with E-state index in [9.17, 15) is 20.0 Å². The van der Waals surface area contributed by atoms with E-state index in [1.165, 1.54) is 24.3 Å². The molecule has 0 aliphatic rings. The maximum atomic E-state index is 11.6. The number of esters is 1. The number of aliphatic hydroxyl groups is 1. The number of aliphatic hydroxyl groups excluding tert-OH is 1. The molecular weight excluding hydrogens is 238 g/mol. The fourth-order valence-electron chi connectivity index (χ4n) is 1.37. The van der Waals surface area contributed by atoms with Crippen LogP contribution in [0.15, 0.2) is 24.3 Å². The minimum Gasteiger partial charge on any atom is -0.458 e. The maximum Gasteiger partial charge on any atom is 0.340 e. The molecule has 0 saturated carbocycles. The van der Waals surface area contributed by atoms with E-state index < -0.39 is 22.6 Å². The van der Waals surface area contributed by atoms with Gasteiger partial charge in [0, 0.05) is 6.07 Å². The van der Waals surface area contributed by atoms with Crippen LogP contribution >= 0.6 is 0 Å². The first-order valence-electron chi connectivity index (χ1n) is 5.36. The van der Waals surface area contributed by atoms with Crippen LogP contribution in [0.5, 0.6) is 0 Å². The number of nitrogens with zero attached hydrogens (tertiary/aromatic N) is 1. The number of hydrogen-bond acceptors (Lipinski definition) is 5. The van der Waals surface area contributed by atoms with Gasteiger partial charge in [-0.05, 0) is 26.8 Å². The molecule has 0 radical (unpaired) electrons. The van der Waals surface area contributed by atoms with Gasteiger partial charge in [0.05, 0.1) is 10.5 Å². The third-order valence-electron chi connectivity index (χ3n) is 2.06.